The predicted molar refractivity (Wildman–Crippen MR) is 94.4 cm³/mol. The van der Waals surface area contributed by atoms with Crippen LogP contribution >= 0.6 is 0 Å². The number of carbonyl (C=O) groups excluding carboxylic acids is 1. The second-order valence-electron chi connectivity index (χ2n) is 5.70. The average molecular weight is 337 g/mol. The third kappa shape index (κ3) is 4.28. The Bertz CT molecular complexity index is 856. The number of hydrogen-bond donors (Lipinski definition) is 2. The third-order valence-corrected chi connectivity index (χ3v) is 3.76. The van der Waals surface area contributed by atoms with Crippen LogP contribution in [0.4, 0.5) is 5.69 Å². The molecule has 0 bridgehead atoms. The molecule has 5 nitrogen and oxygen atoms in total. The molecule has 0 fully saturated rings. The van der Waals surface area contributed by atoms with Crippen LogP contribution in [0.5, 0.6) is 5.75 Å². The molecular formula is C20H19NO4. The number of nitrogens with one attached hydrogen (secondary N) is 1. The lowest BCUT2D eigenvalue weighted by Gasteiger charge is -2.10. The summed E-state index contributed by atoms with van der Waals surface area (Å²) in [6.07, 6.45) is 1.61. The highest BCUT2D eigenvalue weighted by Gasteiger charge is 2.12. The maximum absolute atomic E-state index is 12.4. The van der Waals surface area contributed by atoms with Gasteiger partial charge in [-0.05, 0) is 48.4 Å². The van der Waals surface area contributed by atoms with Crippen LogP contribution in [0.2, 0.25) is 0 Å². The van der Waals surface area contributed by atoms with Crippen molar-refractivity contribution in [3.8, 4) is 5.75 Å². The number of aromatic hydroxyl groups is 1. The van der Waals surface area contributed by atoms with E-state index in [1.807, 2.05) is 30.3 Å². The van der Waals surface area contributed by atoms with E-state index in [9.17, 15) is 9.90 Å². The van der Waals surface area contributed by atoms with Crippen molar-refractivity contribution >= 4 is 11.6 Å². The molecule has 1 heterocycles. The van der Waals surface area contributed by atoms with E-state index in [0.717, 1.165) is 11.3 Å². The maximum atomic E-state index is 12.4. The standard InChI is InChI=1S/C20H19NO4/c1-14-5-2-9-18(19(14)22)20(23)21-16-7-3-6-15(11-16)12-24-13-17-8-4-10-25-17/h2-11,22H,12-13H2,1H3,(H,21,23). The molecule has 3 aromatic rings. The first kappa shape index (κ1) is 16.8. The summed E-state index contributed by atoms with van der Waals surface area (Å²) in [6, 6.07) is 16.1. The number of amides is 1. The van der Waals surface area contributed by atoms with E-state index in [4.69, 9.17) is 9.15 Å². The Kier molecular flexibility index (Phi) is 5.16. The molecule has 3 rings (SSSR count). The quantitative estimate of drug-likeness (QED) is 0.705. The van der Waals surface area contributed by atoms with Gasteiger partial charge >= 0.3 is 0 Å². The van der Waals surface area contributed by atoms with Gasteiger partial charge in [-0.25, -0.2) is 0 Å². The second kappa shape index (κ2) is 7.68. The van der Waals surface area contributed by atoms with Crippen molar-refractivity contribution in [3.05, 3.63) is 83.3 Å². The Morgan fingerprint density at radius 2 is 1.96 bits per heavy atom. The highest BCUT2D eigenvalue weighted by Crippen LogP contribution is 2.23. The van der Waals surface area contributed by atoms with Gasteiger partial charge in [0.05, 0.1) is 18.4 Å². The van der Waals surface area contributed by atoms with Crippen LogP contribution in [-0.4, -0.2) is 11.0 Å². The summed E-state index contributed by atoms with van der Waals surface area (Å²) < 4.78 is 10.8. The van der Waals surface area contributed by atoms with E-state index >= 15 is 0 Å². The number of ether oxygens (including phenoxy) is 1. The van der Waals surface area contributed by atoms with Crippen molar-refractivity contribution in [1.29, 1.82) is 0 Å². The summed E-state index contributed by atoms with van der Waals surface area (Å²) in [7, 11) is 0. The Hall–Kier alpha value is -3.05. The molecule has 128 valence electrons. The number of benzene rings is 2. The topological polar surface area (TPSA) is 71.7 Å². The van der Waals surface area contributed by atoms with Crippen molar-refractivity contribution in [2.45, 2.75) is 20.1 Å². The number of phenols is 1. The Balaban J connectivity index is 1.63. The first-order valence-corrected chi connectivity index (χ1v) is 7.92. The summed E-state index contributed by atoms with van der Waals surface area (Å²) in [5, 5.41) is 12.8. The molecule has 0 aliphatic heterocycles. The van der Waals surface area contributed by atoms with E-state index in [-0.39, 0.29) is 17.2 Å². The molecule has 0 saturated heterocycles. The van der Waals surface area contributed by atoms with Crippen LogP contribution in [0.15, 0.2) is 65.3 Å². The number of rotatable bonds is 6. The smallest absolute Gasteiger partial charge is 0.259 e. The summed E-state index contributed by atoms with van der Waals surface area (Å²) in [5.41, 5.74) is 2.48. The minimum Gasteiger partial charge on any atom is -0.507 e. The van der Waals surface area contributed by atoms with Gasteiger partial charge in [0.25, 0.3) is 5.91 Å². The first-order valence-electron chi connectivity index (χ1n) is 7.92. The normalized spacial score (nSPS) is 10.6. The molecule has 0 radical (unpaired) electrons. The number of furan rings is 1. The third-order valence-electron chi connectivity index (χ3n) is 3.76. The van der Waals surface area contributed by atoms with Gasteiger partial charge in [0.15, 0.2) is 0 Å². The van der Waals surface area contributed by atoms with Crippen molar-refractivity contribution in [3.63, 3.8) is 0 Å². The van der Waals surface area contributed by atoms with Crippen molar-refractivity contribution in [2.75, 3.05) is 5.32 Å². The minimum absolute atomic E-state index is 0.00191. The van der Waals surface area contributed by atoms with Gasteiger partial charge in [-0.3, -0.25) is 4.79 Å². The Morgan fingerprint density at radius 3 is 2.76 bits per heavy atom. The number of phenolic OH excluding ortho intramolecular Hbond substituents is 1. The fraction of sp³-hybridized carbons (Fsp3) is 0.150. The van der Waals surface area contributed by atoms with Crippen molar-refractivity contribution < 1.29 is 19.1 Å². The second-order valence-corrected chi connectivity index (χ2v) is 5.70. The SMILES string of the molecule is Cc1cccc(C(=O)Nc2cccc(COCc3ccco3)c2)c1O. The molecule has 25 heavy (non-hydrogen) atoms. The zero-order chi connectivity index (χ0) is 17.6. The Labute approximate surface area is 145 Å². The molecule has 0 atom stereocenters. The summed E-state index contributed by atoms with van der Waals surface area (Å²) in [4.78, 5) is 12.4. The molecule has 0 aliphatic carbocycles. The maximum Gasteiger partial charge on any atom is 0.259 e. The fourth-order valence-corrected chi connectivity index (χ4v) is 2.44. The highest BCUT2D eigenvalue weighted by molar-refractivity contribution is 6.06. The predicted octanol–water partition coefficient (Wildman–Crippen LogP) is 4.26. The van der Waals surface area contributed by atoms with Crippen LogP contribution in [0, 0.1) is 6.92 Å². The van der Waals surface area contributed by atoms with Crippen LogP contribution in [-0.2, 0) is 18.0 Å². The lowest BCUT2D eigenvalue weighted by Crippen LogP contribution is -2.12. The van der Waals surface area contributed by atoms with Gasteiger partial charge in [-0.15, -0.1) is 0 Å². The molecule has 0 aliphatic rings. The molecule has 1 aromatic heterocycles. The first-order chi connectivity index (χ1) is 12.1. The van der Waals surface area contributed by atoms with Gasteiger partial charge in [-0.1, -0.05) is 24.3 Å². The Morgan fingerprint density at radius 1 is 1.12 bits per heavy atom. The average Bonchev–Trinajstić information content (AvgIpc) is 3.11. The lowest BCUT2D eigenvalue weighted by molar-refractivity contribution is 0.0929. The summed E-state index contributed by atoms with van der Waals surface area (Å²) in [6.45, 7) is 2.55. The van der Waals surface area contributed by atoms with Crippen molar-refractivity contribution in [1.82, 2.24) is 0 Å². The zero-order valence-electron chi connectivity index (χ0n) is 13.9. The van der Waals surface area contributed by atoms with Gasteiger partial charge in [0, 0.05) is 5.69 Å². The molecule has 2 N–H and O–H groups in total. The molecule has 0 spiro atoms. The van der Waals surface area contributed by atoms with Crippen molar-refractivity contribution in [2.24, 2.45) is 0 Å². The molecule has 5 heteroatoms. The number of carbonyl (C=O) groups is 1. The molecule has 1 amide bonds. The molecule has 2 aromatic carbocycles. The number of hydrogen-bond acceptors (Lipinski definition) is 4. The number of anilines is 1. The van der Waals surface area contributed by atoms with Gasteiger partial charge in [0.1, 0.15) is 18.1 Å². The highest BCUT2D eigenvalue weighted by atomic mass is 16.5. The van der Waals surface area contributed by atoms with Gasteiger partial charge in [-0.2, -0.15) is 0 Å². The van der Waals surface area contributed by atoms with Crippen LogP contribution in [0.3, 0.4) is 0 Å². The minimum atomic E-state index is -0.352. The largest absolute Gasteiger partial charge is 0.507 e. The van der Waals surface area contributed by atoms with Gasteiger partial charge < -0.3 is 19.6 Å². The van der Waals surface area contributed by atoms with Crippen LogP contribution in [0.1, 0.15) is 27.2 Å². The van der Waals surface area contributed by atoms with Crippen LogP contribution in [0.25, 0.3) is 0 Å². The monoisotopic (exact) mass is 337 g/mol. The number of aryl methyl sites for hydroxylation is 1. The van der Waals surface area contributed by atoms with Gasteiger partial charge in [0.2, 0.25) is 0 Å². The lowest BCUT2D eigenvalue weighted by atomic mass is 10.1. The summed E-state index contributed by atoms with van der Waals surface area (Å²) >= 11 is 0. The fourth-order valence-electron chi connectivity index (χ4n) is 2.44. The van der Waals surface area contributed by atoms with E-state index < -0.39 is 0 Å². The van der Waals surface area contributed by atoms with E-state index in [1.54, 1.807) is 37.5 Å². The van der Waals surface area contributed by atoms with E-state index in [1.165, 1.54) is 0 Å². The zero-order valence-corrected chi connectivity index (χ0v) is 13.9. The summed E-state index contributed by atoms with van der Waals surface area (Å²) in [5.74, 6) is 0.409. The van der Waals surface area contributed by atoms with E-state index in [2.05, 4.69) is 5.32 Å². The molecule has 0 saturated carbocycles. The molecule has 0 unspecified atom stereocenters. The van der Waals surface area contributed by atoms with Crippen LogP contribution < -0.4 is 5.32 Å². The number of para-hydroxylation sites is 1. The molecular weight excluding hydrogens is 318 g/mol. The van der Waals surface area contributed by atoms with E-state index in [0.29, 0.717) is 24.5 Å².